The molecule has 0 N–H and O–H groups in total. The van der Waals surface area contributed by atoms with Gasteiger partial charge in [-0.2, -0.15) is 0 Å². The molecule has 0 aliphatic heterocycles. The van der Waals surface area contributed by atoms with E-state index in [1.54, 1.807) is 18.5 Å². The van der Waals surface area contributed by atoms with Crippen molar-refractivity contribution in [3.63, 3.8) is 0 Å². The molecule has 0 spiro atoms. The molecule has 0 bridgehead atoms. The summed E-state index contributed by atoms with van der Waals surface area (Å²) in [6.45, 7) is 4.15. The van der Waals surface area contributed by atoms with E-state index >= 15 is 0 Å². The van der Waals surface area contributed by atoms with E-state index < -0.39 is 0 Å². The zero-order chi connectivity index (χ0) is 14.5. The van der Waals surface area contributed by atoms with Crippen molar-refractivity contribution in [3.05, 3.63) is 73.6 Å². The number of hydrogen-bond donors (Lipinski definition) is 0. The lowest BCUT2D eigenvalue weighted by molar-refractivity contribution is 0.363. The second-order valence-corrected chi connectivity index (χ2v) is 4.53. The van der Waals surface area contributed by atoms with Gasteiger partial charge in [0.05, 0.1) is 6.26 Å². The van der Waals surface area contributed by atoms with Gasteiger partial charge in [0.2, 0.25) is 0 Å². The number of aromatic nitrogens is 1. The minimum atomic E-state index is 0.511. The Balaban J connectivity index is 1.86. The second kappa shape index (κ2) is 6.09. The summed E-state index contributed by atoms with van der Waals surface area (Å²) >= 11 is 0. The van der Waals surface area contributed by atoms with Gasteiger partial charge in [0.25, 0.3) is 0 Å². The van der Waals surface area contributed by atoms with E-state index in [4.69, 9.17) is 9.15 Å². The molecule has 21 heavy (non-hydrogen) atoms. The van der Waals surface area contributed by atoms with Crippen LogP contribution in [-0.4, -0.2) is 11.6 Å². The topological polar surface area (TPSA) is 35.3 Å². The largest absolute Gasteiger partial charge is 0.490 e. The van der Waals surface area contributed by atoms with Crippen LogP contribution >= 0.6 is 0 Å². The first kappa shape index (κ1) is 13.2. The molecule has 0 unspecified atom stereocenters. The number of nitrogens with zero attached hydrogens (tertiary/aromatic N) is 1. The van der Waals surface area contributed by atoms with Crippen molar-refractivity contribution in [2.45, 2.75) is 0 Å². The third-order valence-electron chi connectivity index (χ3n) is 3.09. The van der Waals surface area contributed by atoms with Crippen molar-refractivity contribution >= 4 is 0 Å². The summed E-state index contributed by atoms with van der Waals surface area (Å²) in [6, 6.07) is 15.7. The Labute approximate surface area is 123 Å². The van der Waals surface area contributed by atoms with E-state index in [9.17, 15) is 0 Å². The van der Waals surface area contributed by atoms with Gasteiger partial charge in [-0.25, -0.2) is 0 Å². The molecule has 0 atom stereocenters. The van der Waals surface area contributed by atoms with Crippen molar-refractivity contribution in [2.24, 2.45) is 0 Å². The number of pyridine rings is 1. The molecule has 3 heteroatoms. The van der Waals surface area contributed by atoms with E-state index in [-0.39, 0.29) is 0 Å². The van der Waals surface area contributed by atoms with Gasteiger partial charge in [0, 0.05) is 6.20 Å². The Kier molecular flexibility index (Phi) is 3.83. The van der Waals surface area contributed by atoms with Gasteiger partial charge in [-0.15, -0.1) is 0 Å². The Bertz CT molecular complexity index is 715. The highest BCUT2D eigenvalue weighted by atomic mass is 16.5. The van der Waals surface area contributed by atoms with Crippen LogP contribution in [0.3, 0.4) is 0 Å². The van der Waals surface area contributed by atoms with Gasteiger partial charge in [0.15, 0.2) is 5.76 Å². The number of benzene rings is 1. The molecule has 3 aromatic rings. The second-order valence-electron chi connectivity index (χ2n) is 4.53. The van der Waals surface area contributed by atoms with E-state index in [0.717, 1.165) is 28.3 Å². The van der Waals surface area contributed by atoms with E-state index in [1.807, 2.05) is 48.5 Å². The van der Waals surface area contributed by atoms with Crippen LogP contribution in [0.5, 0.6) is 5.75 Å². The highest BCUT2D eigenvalue weighted by Gasteiger charge is 2.05. The van der Waals surface area contributed by atoms with Crippen LogP contribution < -0.4 is 4.74 Å². The Morgan fingerprint density at radius 3 is 2.67 bits per heavy atom. The van der Waals surface area contributed by atoms with Crippen LogP contribution in [0.4, 0.5) is 0 Å². The van der Waals surface area contributed by atoms with Crippen molar-refractivity contribution < 1.29 is 9.15 Å². The van der Waals surface area contributed by atoms with Crippen LogP contribution in [-0.2, 0) is 0 Å². The average molecular weight is 277 g/mol. The summed E-state index contributed by atoms with van der Waals surface area (Å²) in [4.78, 5) is 4.34. The highest BCUT2D eigenvalue weighted by Crippen LogP contribution is 2.26. The first-order chi connectivity index (χ1) is 10.4. The van der Waals surface area contributed by atoms with Gasteiger partial charge in [-0.05, 0) is 47.5 Å². The lowest BCUT2D eigenvalue weighted by Gasteiger charge is -2.06. The van der Waals surface area contributed by atoms with Gasteiger partial charge in [0.1, 0.15) is 18.1 Å². The molecular formula is C18H15NO2. The third-order valence-corrected chi connectivity index (χ3v) is 3.09. The smallest absolute Gasteiger partial charge is 0.152 e. The van der Waals surface area contributed by atoms with E-state index in [1.165, 1.54) is 0 Å². The molecule has 3 nitrogen and oxygen atoms in total. The lowest BCUT2D eigenvalue weighted by Crippen LogP contribution is -1.92. The summed E-state index contributed by atoms with van der Waals surface area (Å²) < 4.78 is 10.9. The quantitative estimate of drug-likeness (QED) is 0.641. The first-order valence-electron chi connectivity index (χ1n) is 6.71. The zero-order valence-corrected chi connectivity index (χ0v) is 11.5. The fourth-order valence-electron chi connectivity index (χ4n) is 2.07. The maximum Gasteiger partial charge on any atom is 0.152 e. The Hall–Kier alpha value is -2.81. The van der Waals surface area contributed by atoms with Gasteiger partial charge >= 0.3 is 0 Å². The highest BCUT2D eigenvalue weighted by molar-refractivity contribution is 5.68. The van der Waals surface area contributed by atoms with Crippen molar-refractivity contribution in [1.82, 2.24) is 4.98 Å². The minimum absolute atomic E-state index is 0.511. The predicted octanol–water partition coefficient (Wildman–Crippen LogP) is 4.57. The van der Waals surface area contributed by atoms with Crippen molar-refractivity contribution in [1.29, 1.82) is 0 Å². The summed E-state index contributed by atoms with van der Waals surface area (Å²) in [5.41, 5.74) is 3.02. The van der Waals surface area contributed by atoms with Gasteiger partial charge in [-0.3, -0.25) is 4.98 Å². The molecule has 0 aliphatic rings. The van der Waals surface area contributed by atoms with Gasteiger partial charge in [-0.1, -0.05) is 24.8 Å². The molecule has 0 aliphatic carbocycles. The number of hydrogen-bond acceptors (Lipinski definition) is 3. The standard InChI is InChI=1S/C18H15NO2/c1-2-11-20-16-7-5-14(6-8-16)15-9-10-19-17(13-15)18-4-3-12-21-18/h2-10,12-13H,1,11H2. The van der Waals surface area contributed by atoms with Crippen LogP contribution in [0.25, 0.3) is 22.6 Å². The fraction of sp³-hybridized carbons (Fsp3) is 0.0556. The fourth-order valence-corrected chi connectivity index (χ4v) is 2.07. The Morgan fingerprint density at radius 1 is 1.10 bits per heavy atom. The molecule has 0 saturated carbocycles. The average Bonchev–Trinajstić information content (AvgIpc) is 3.08. The van der Waals surface area contributed by atoms with Crippen LogP contribution in [0, 0.1) is 0 Å². The molecule has 0 fully saturated rings. The van der Waals surface area contributed by atoms with Crippen molar-refractivity contribution in [3.8, 4) is 28.3 Å². The predicted molar refractivity (Wildman–Crippen MR) is 83.1 cm³/mol. The monoisotopic (exact) mass is 277 g/mol. The Morgan fingerprint density at radius 2 is 1.95 bits per heavy atom. The van der Waals surface area contributed by atoms with Crippen molar-refractivity contribution in [2.75, 3.05) is 6.61 Å². The molecule has 0 saturated heterocycles. The number of rotatable bonds is 5. The van der Waals surface area contributed by atoms with E-state index in [2.05, 4.69) is 11.6 Å². The van der Waals surface area contributed by atoms with Crippen LogP contribution in [0.15, 0.2) is 78.1 Å². The molecule has 0 amide bonds. The van der Waals surface area contributed by atoms with Crippen LogP contribution in [0.1, 0.15) is 0 Å². The summed E-state index contributed by atoms with van der Waals surface area (Å²) in [5, 5.41) is 0. The molecular weight excluding hydrogens is 262 g/mol. The molecule has 2 aromatic heterocycles. The minimum Gasteiger partial charge on any atom is -0.490 e. The summed E-state index contributed by atoms with van der Waals surface area (Å²) in [5.74, 6) is 1.60. The first-order valence-corrected chi connectivity index (χ1v) is 6.71. The molecule has 0 radical (unpaired) electrons. The summed E-state index contributed by atoms with van der Waals surface area (Å²) in [6.07, 6.45) is 5.16. The maximum atomic E-state index is 5.48. The summed E-state index contributed by atoms with van der Waals surface area (Å²) in [7, 11) is 0. The lowest BCUT2D eigenvalue weighted by atomic mass is 10.1. The number of ether oxygens (including phenoxy) is 1. The molecule has 104 valence electrons. The zero-order valence-electron chi connectivity index (χ0n) is 11.5. The maximum absolute atomic E-state index is 5.48. The molecule has 2 heterocycles. The SMILES string of the molecule is C=CCOc1ccc(-c2ccnc(-c3ccco3)c2)cc1. The molecule has 1 aromatic carbocycles. The molecule has 3 rings (SSSR count). The van der Waals surface area contributed by atoms with Crippen LogP contribution in [0.2, 0.25) is 0 Å². The van der Waals surface area contributed by atoms with Gasteiger partial charge < -0.3 is 9.15 Å². The normalized spacial score (nSPS) is 10.3. The third kappa shape index (κ3) is 3.03. The number of furan rings is 1. The van der Waals surface area contributed by atoms with E-state index in [0.29, 0.717) is 6.61 Å².